The Balaban J connectivity index is 2.34. The van der Waals surface area contributed by atoms with Gasteiger partial charge >= 0.3 is 0 Å². The lowest BCUT2D eigenvalue weighted by Gasteiger charge is -2.29. The predicted molar refractivity (Wildman–Crippen MR) is 76.0 cm³/mol. The fraction of sp³-hybridized carbons (Fsp3) is 0.500. The molecule has 1 aliphatic heterocycles. The van der Waals surface area contributed by atoms with Crippen LogP contribution in [-0.4, -0.2) is 23.4 Å². The Hall–Kier alpha value is -0.870. The highest BCUT2D eigenvalue weighted by atomic mass is 79.9. The van der Waals surface area contributed by atoms with Crippen LogP contribution in [0, 0.1) is 5.92 Å². The minimum atomic E-state index is -0.116. The molecular formula is C14H19BrN2O. The molecule has 18 heavy (non-hydrogen) atoms. The van der Waals surface area contributed by atoms with Crippen LogP contribution in [0.15, 0.2) is 28.7 Å². The van der Waals surface area contributed by atoms with Gasteiger partial charge in [0.2, 0.25) is 5.91 Å². The maximum Gasteiger partial charge on any atom is 0.224 e. The van der Waals surface area contributed by atoms with Crippen molar-refractivity contribution >= 4 is 21.8 Å². The van der Waals surface area contributed by atoms with Gasteiger partial charge in [-0.25, -0.2) is 0 Å². The highest BCUT2D eigenvalue weighted by Gasteiger charge is 2.39. The van der Waals surface area contributed by atoms with Gasteiger partial charge in [-0.3, -0.25) is 4.79 Å². The first-order chi connectivity index (χ1) is 8.50. The number of benzene rings is 1. The van der Waals surface area contributed by atoms with Crippen LogP contribution in [0.2, 0.25) is 0 Å². The van der Waals surface area contributed by atoms with Gasteiger partial charge in [0, 0.05) is 23.5 Å². The third-order valence-electron chi connectivity index (χ3n) is 3.26. The molecule has 0 radical (unpaired) electrons. The molecule has 2 atom stereocenters. The molecule has 0 saturated carbocycles. The van der Waals surface area contributed by atoms with Gasteiger partial charge in [0.15, 0.2) is 0 Å². The van der Waals surface area contributed by atoms with Crippen molar-refractivity contribution in [2.24, 2.45) is 11.7 Å². The molecule has 0 aromatic heterocycles. The number of likely N-dealkylation sites (tertiary alicyclic amines) is 1. The van der Waals surface area contributed by atoms with Crippen LogP contribution < -0.4 is 5.73 Å². The van der Waals surface area contributed by atoms with Crippen LogP contribution in [0.1, 0.15) is 31.9 Å². The summed E-state index contributed by atoms with van der Waals surface area (Å²) in [7, 11) is 0. The Kier molecular flexibility index (Phi) is 4.07. The third kappa shape index (κ3) is 2.59. The summed E-state index contributed by atoms with van der Waals surface area (Å²) >= 11 is 3.55. The van der Waals surface area contributed by atoms with E-state index in [1.165, 1.54) is 0 Å². The third-order valence-corrected chi connectivity index (χ3v) is 3.98. The van der Waals surface area contributed by atoms with Crippen LogP contribution in [0.3, 0.4) is 0 Å². The van der Waals surface area contributed by atoms with Crippen LogP contribution >= 0.6 is 15.9 Å². The van der Waals surface area contributed by atoms with Crippen LogP contribution in [0.5, 0.6) is 0 Å². The second kappa shape index (κ2) is 5.41. The van der Waals surface area contributed by atoms with Crippen molar-refractivity contribution in [3.63, 3.8) is 0 Å². The van der Waals surface area contributed by atoms with Gasteiger partial charge in [-0.2, -0.15) is 0 Å². The summed E-state index contributed by atoms with van der Waals surface area (Å²) in [6.07, 6.45) is 0.443. The number of nitrogens with zero attached hydrogens (tertiary/aromatic N) is 1. The van der Waals surface area contributed by atoms with Gasteiger partial charge in [0.05, 0.1) is 6.04 Å². The summed E-state index contributed by atoms with van der Waals surface area (Å²) in [5.74, 6) is 0.612. The number of rotatable bonds is 3. The zero-order valence-electron chi connectivity index (χ0n) is 10.8. The quantitative estimate of drug-likeness (QED) is 0.933. The molecule has 98 valence electrons. The Bertz CT molecular complexity index is 447. The molecule has 2 unspecified atom stereocenters. The van der Waals surface area contributed by atoms with Gasteiger partial charge in [-0.1, -0.05) is 48.0 Å². The van der Waals surface area contributed by atoms with Gasteiger partial charge in [0.25, 0.3) is 0 Å². The molecular weight excluding hydrogens is 292 g/mol. The highest BCUT2D eigenvalue weighted by Crippen LogP contribution is 2.36. The molecule has 1 heterocycles. The Morgan fingerprint density at radius 1 is 1.44 bits per heavy atom. The average Bonchev–Trinajstić information content (AvgIpc) is 2.55. The molecule has 1 aliphatic rings. The molecule has 1 aromatic rings. The van der Waals surface area contributed by atoms with E-state index in [2.05, 4.69) is 29.8 Å². The molecule has 1 fully saturated rings. The fourth-order valence-corrected chi connectivity index (χ4v) is 3.06. The molecule has 3 nitrogen and oxygen atoms in total. The summed E-state index contributed by atoms with van der Waals surface area (Å²) < 4.78 is 1.02. The number of carbonyl (C=O) groups is 1. The van der Waals surface area contributed by atoms with Crippen molar-refractivity contribution in [3.8, 4) is 0 Å². The van der Waals surface area contributed by atoms with E-state index in [9.17, 15) is 4.79 Å². The number of hydrogen-bond acceptors (Lipinski definition) is 2. The van der Waals surface area contributed by atoms with E-state index in [-0.39, 0.29) is 18.0 Å². The van der Waals surface area contributed by atoms with Crippen LogP contribution in [0.25, 0.3) is 0 Å². The van der Waals surface area contributed by atoms with E-state index in [0.29, 0.717) is 12.3 Å². The molecule has 0 spiro atoms. The second-order valence-electron chi connectivity index (χ2n) is 5.27. The van der Waals surface area contributed by atoms with E-state index in [0.717, 1.165) is 16.6 Å². The van der Waals surface area contributed by atoms with Crippen LogP contribution in [-0.2, 0) is 4.79 Å². The number of halogens is 1. The SMILES string of the molecule is CC(C)CN1C(=O)CC(N)C1c1ccccc1Br. The van der Waals surface area contributed by atoms with Crippen molar-refractivity contribution in [2.45, 2.75) is 32.4 Å². The largest absolute Gasteiger partial charge is 0.334 e. The monoisotopic (exact) mass is 310 g/mol. The molecule has 1 aromatic carbocycles. The second-order valence-corrected chi connectivity index (χ2v) is 6.13. The first-order valence-corrected chi connectivity index (χ1v) is 7.09. The summed E-state index contributed by atoms with van der Waals surface area (Å²) in [6, 6.07) is 7.88. The smallest absolute Gasteiger partial charge is 0.224 e. The molecule has 2 N–H and O–H groups in total. The van der Waals surface area contributed by atoms with Gasteiger partial charge in [-0.05, 0) is 17.5 Å². The van der Waals surface area contributed by atoms with Crippen molar-refractivity contribution < 1.29 is 4.79 Å². The summed E-state index contributed by atoms with van der Waals surface area (Å²) in [5.41, 5.74) is 7.26. The first-order valence-electron chi connectivity index (χ1n) is 6.30. The molecule has 0 aliphatic carbocycles. The predicted octanol–water partition coefficient (Wildman–Crippen LogP) is 2.71. The van der Waals surface area contributed by atoms with E-state index in [1.807, 2.05) is 29.2 Å². The maximum absolute atomic E-state index is 12.0. The molecule has 4 heteroatoms. The summed E-state index contributed by atoms with van der Waals surface area (Å²) in [5, 5.41) is 0. The average molecular weight is 311 g/mol. The normalized spacial score (nSPS) is 24.1. The van der Waals surface area contributed by atoms with Gasteiger partial charge < -0.3 is 10.6 Å². The lowest BCUT2D eigenvalue weighted by molar-refractivity contribution is -0.129. The fourth-order valence-electron chi connectivity index (χ4n) is 2.54. The van der Waals surface area contributed by atoms with E-state index >= 15 is 0 Å². The minimum Gasteiger partial charge on any atom is -0.334 e. The molecule has 1 amide bonds. The zero-order chi connectivity index (χ0) is 13.3. The number of nitrogens with two attached hydrogens (primary N) is 1. The van der Waals surface area contributed by atoms with Crippen LogP contribution in [0.4, 0.5) is 0 Å². The van der Waals surface area contributed by atoms with Crippen molar-refractivity contribution in [3.05, 3.63) is 34.3 Å². The van der Waals surface area contributed by atoms with Crippen molar-refractivity contribution in [1.82, 2.24) is 4.90 Å². The van der Waals surface area contributed by atoms with E-state index < -0.39 is 0 Å². The highest BCUT2D eigenvalue weighted by molar-refractivity contribution is 9.10. The Morgan fingerprint density at radius 3 is 2.72 bits per heavy atom. The molecule has 0 bridgehead atoms. The maximum atomic E-state index is 12.0. The Morgan fingerprint density at radius 2 is 2.11 bits per heavy atom. The van der Waals surface area contributed by atoms with Crippen molar-refractivity contribution in [1.29, 1.82) is 0 Å². The minimum absolute atomic E-state index is 0.00419. The number of carbonyl (C=O) groups excluding carboxylic acids is 1. The number of hydrogen-bond donors (Lipinski definition) is 1. The van der Waals surface area contributed by atoms with Gasteiger partial charge in [0.1, 0.15) is 0 Å². The van der Waals surface area contributed by atoms with Crippen molar-refractivity contribution in [2.75, 3.05) is 6.54 Å². The lowest BCUT2D eigenvalue weighted by Crippen LogP contribution is -2.35. The summed E-state index contributed by atoms with van der Waals surface area (Å²) in [4.78, 5) is 14.0. The molecule has 1 saturated heterocycles. The van der Waals surface area contributed by atoms with E-state index in [4.69, 9.17) is 5.73 Å². The number of amides is 1. The lowest BCUT2D eigenvalue weighted by atomic mass is 10.0. The van der Waals surface area contributed by atoms with E-state index in [1.54, 1.807) is 0 Å². The topological polar surface area (TPSA) is 46.3 Å². The first kappa shape index (κ1) is 13.6. The molecule has 2 rings (SSSR count). The Labute approximate surface area is 116 Å². The van der Waals surface area contributed by atoms with Gasteiger partial charge in [-0.15, -0.1) is 0 Å². The summed E-state index contributed by atoms with van der Waals surface area (Å²) in [6.45, 7) is 5.00. The zero-order valence-corrected chi connectivity index (χ0v) is 12.4. The standard InChI is InChI=1S/C14H19BrN2O/c1-9(2)8-17-13(18)7-12(16)14(17)10-5-3-4-6-11(10)15/h3-6,9,12,14H,7-8,16H2,1-2H3.